The first-order valence-electron chi connectivity index (χ1n) is 6.81. The summed E-state index contributed by atoms with van der Waals surface area (Å²) in [4.78, 5) is 0. The highest BCUT2D eigenvalue weighted by Gasteiger charge is 2.15. The van der Waals surface area contributed by atoms with Crippen molar-refractivity contribution in [3.63, 3.8) is 0 Å². The Morgan fingerprint density at radius 3 is 2.48 bits per heavy atom. The van der Waals surface area contributed by atoms with E-state index in [0.717, 1.165) is 12.0 Å². The molecule has 0 atom stereocenters. The first kappa shape index (κ1) is 13.7. The number of benzene rings is 2. The van der Waals surface area contributed by atoms with Crippen LogP contribution in [0.5, 0.6) is 11.5 Å². The summed E-state index contributed by atoms with van der Waals surface area (Å²) in [6.07, 6.45) is 0.809. The standard InChI is InChI=1S/C16H15F2NO2/c17-12-5-2-6-13(18)15(12)19-10-11-4-1-7-14-16(11)21-9-3-8-20-14/h1-2,4-7,19H,3,8-10H2. The molecule has 0 saturated heterocycles. The van der Waals surface area contributed by atoms with E-state index >= 15 is 0 Å². The summed E-state index contributed by atoms with van der Waals surface area (Å²) in [5.41, 5.74) is 0.668. The molecule has 0 fully saturated rings. The smallest absolute Gasteiger partial charge is 0.166 e. The molecule has 2 aromatic rings. The monoisotopic (exact) mass is 291 g/mol. The number of hydrogen-bond acceptors (Lipinski definition) is 3. The number of hydrogen-bond donors (Lipinski definition) is 1. The molecule has 0 aromatic heterocycles. The van der Waals surface area contributed by atoms with E-state index in [9.17, 15) is 8.78 Å². The zero-order valence-electron chi connectivity index (χ0n) is 11.4. The summed E-state index contributed by atoms with van der Waals surface area (Å²) in [6.45, 7) is 1.42. The topological polar surface area (TPSA) is 30.5 Å². The highest BCUT2D eigenvalue weighted by atomic mass is 19.1. The van der Waals surface area contributed by atoms with Gasteiger partial charge in [0.1, 0.15) is 17.3 Å². The molecule has 1 aliphatic rings. The van der Waals surface area contributed by atoms with Crippen molar-refractivity contribution >= 4 is 5.69 Å². The fourth-order valence-corrected chi connectivity index (χ4v) is 2.24. The van der Waals surface area contributed by atoms with Crippen molar-refractivity contribution in [1.29, 1.82) is 0 Å². The molecule has 0 amide bonds. The van der Waals surface area contributed by atoms with E-state index < -0.39 is 11.6 Å². The van der Waals surface area contributed by atoms with Crippen LogP contribution in [0.15, 0.2) is 36.4 Å². The van der Waals surface area contributed by atoms with E-state index in [1.54, 1.807) is 0 Å². The van der Waals surface area contributed by atoms with Gasteiger partial charge in [-0.3, -0.25) is 0 Å². The Morgan fingerprint density at radius 1 is 0.952 bits per heavy atom. The lowest BCUT2D eigenvalue weighted by atomic mass is 10.1. The Bertz CT molecular complexity index is 626. The van der Waals surface area contributed by atoms with Gasteiger partial charge in [0.15, 0.2) is 11.5 Å². The molecule has 2 aromatic carbocycles. The maximum Gasteiger partial charge on any atom is 0.166 e. The largest absolute Gasteiger partial charge is 0.490 e. The third-order valence-electron chi connectivity index (χ3n) is 3.27. The van der Waals surface area contributed by atoms with E-state index in [4.69, 9.17) is 9.47 Å². The van der Waals surface area contributed by atoms with Gasteiger partial charge >= 0.3 is 0 Å². The van der Waals surface area contributed by atoms with Crippen LogP contribution in [-0.4, -0.2) is 13.2 Å². The molecule has 0 bridgehead atoms. The van der Waals surface area contributed by atoms with Crippen molar-refractivity contribution in [2.75, 3.05) is 18.5 Å². The van der Waals surface area contributed by atoms with Crippen LogP contribution in [-0.2, 0) is 6.54 Å². The molecule has 3 nitrogen and oxygen atoms in total. The molecule has 0 aliphatic carbocycles. The molecule has 1 aliphatic heterocycles. The minimum Gasteiger partial charge on any atom is -0.490 e. The predicted octanol–water partition coefficient (Wildman–Crippen LogP) is 3.74. The maximum absolute atomic E-state index is 13.6. The van der Waals surface area contributed by atoms with Gasteiger partial charge in [0.25, 0.3) is 0 Å². The van der Waals surface area contributed by atoms with E-state index in [2.05, 4.69) is 5.32 Å². The Kier molecular flexibility index (Phi) is 3.90. The lowest BCUT2D eigenvalue weighted by Gasteiger charge is -2.14. The van der Waals surface area contributed by atoms with Gasteiger partial charge in [-0.1, -0.05) is 18.2 Å². The van der Waals surface area contributed by atoms with Crippen LogP contribution in [0.2, 0.25) is 0 Å². The summed E-state index contributed by atoms with van der Waals surface area (Å²) in [5.74, 6) is 0.0726. The van der Waals surface area contributed by atoms with Crippen LogP contribution in [0.4, 0.5) is 14.5 Å². The predicted molar refractivity (Wildman–Crippen MR) is 75.7 cm³/mol. The lowest BCUT2D eigenvalue weighted by molar-refractivity contribution is 0.296. The zero-order chi connectivity index (χ0) is 14.7. The number of rotatable bonds is 3. The summed E-state index contributed by atoms with van der Waals surface area (Å²) >= 11 is 0. The molecule has 0 unspecified atom stereocenters. The van der Waals surface area contributed by atoms with Crippen LogP contribution in [0.25, 0.3) is 0 Å². The fourth-order valence-electron chi connectivity index (χ4n) is 2.24. The van der Waals surface area contributed by atoms with E-state index in [0.29, 0.717) is 24.7 Å². The number of nitrogens with one attached hydrogen (secondary N) is 1. The Hall–Kier alpha value is -2.30. The molecular formula is C16H15F2NO2. The summed E-state index contributed by atoms with van der Waals surface area (Å²) in [6, 6.07) is 9.28. The van der Waals surface area contributed by atoms with Crippen molar-refractivity contribution < 1.29 is 18.3 Å². The number of ether oxygens (including phenoxy) is 2. The molecule has 3 rings (SSSR count). The third-order valence-corrected chi connectivity index (χ3v) is 3.27. The second kappa shape index (κ2) is 5.99. The average Bonchev–Trinajstić information content (AvgIpc) is 2.72. The van der Waals surface area contributed by atoms with Gasteiger partial charge in [-0.2, -0.15) is 0 Å². The Labute approximate surface area is 121 Å². The number of fused-ring (bicyclic) bond motifs is 1. The van der Waals surface area contributed by atoms with Gasteiger partial charge in [0.05, 0.1) is 13.2 Å². The summed E-state index contributed by atoms with van der Waals surface area (Å²) < 4.78 is 38.5. The van der Waals surface area contributed by atoms with Gasteiger partial charge in [0.2, 0.25) is 0 Å². The van der Waals surface area contributed by atoms with Gasteiger partial charge in [-0.05, 0) is 18.2 Å². The molecule has 0 radical (unpaired) electrons. The van der Waals surface area contributed by atoms with Crippen LogP contribution in [0.1, 0.15) is 12.0 Å². The van der Waals surface area contributed by atoms with Crippen molar-refractivity contribution in [1.82, 2.24) is 0 Å². The van der Waals surface area contributed by atoms with E-state index in [-0.39, 0.29) is 12.2 Å². The number of anilines is 1. The maximum atomic E-state index is 13.6. The molecule has 110 valence electrons. The van der Waals surface area contributed by atoms with Crippen LogP contribution in [0, 0.1) is 11.6 Å². The molecule has 1 N–H and O–H groups in total. The minimum atomic E-state index is -0.616. The van der Waals surface area contributed by atoms with Gasteiger partial charge in [-0.15, -0.1) is 0 Å². The second-order valence-electron chi connectivity index (χ2n) is 4.75. The van der Waals surface area contributed by atoms with Gasteiger partial charge in [-0.25, -0.2) is 8.78 Å². The molecule has 5 heteroatoms. The lowest BCUT2D eigenvalue weighted by Crippen LogP contribution is -2.06. The molecule has 1 heterocycles. The molecule has 21 heavy (non-hydrogen) atoms. The first-order valence-corrected chi connectivity index (χ1v) is 6.81. The zero-order valence-corrected chi connectivity index (χ0v) is 11.4. The van der Waals surface area contributed by atoms with Crippen LogP contribution in [0.3, 0.4) is 0 Å². The quantitative estimate of drug-likeness (QED) is 0.934. The average molecular weight is 291 g/mol. The van der Waals surface area contributed by atoms with Crippen LogP contribution < -0.4 is 14.8 Å². The highest BCUT2D eigenvalue weighted by Crippen LogP contribution is 2.33. The van der Waals surface area contributed by atoms with Gasteiger partial charge in [0, 0.05) is 18.5 Å². The highest BCUT2D eigenvalue weighted by molar-refractivity contribution is 5.51. The van der Waals surface area contributed by atoms with E-state index in [1.807, 2.05) is 18.2 Å². The molecule has 0 saturated carbocycles. The Morgan fingerprint density at radius 2 is 1.67 bits per heavy atom. The van der Waals surface area contributed by atoms with Crippen molar-refractivity contribution in [2.45, 2.75) is 13.0 Å². The van der Waals surface area contributed by atoms with Crippen molar-refractivity contribution in [3.8, 4) is 11.5 Å². The van der Waals surface area contributed by atoms with E-state index in [1.165, 1.54) is 18.2 Å². The van der Waals surface area contributed by atoms with Crippen molar-refractivity contribution in [3.05, 3.63) is 53.6 Å². The normalized spacial score (nSPS) is 13.6. The van der Waals surface area contributed by atoms with Crippen LogP contribution >= 0.6 is 0 Å². The minimum absolute atomic E-state index is 0.135. The molecule has 0 spiro atoms. The number of para-hydroxylation sites is 2. The Balaban J connectivity index is 1.83. The van der Waals surface area contributed by atoms with Gasteiger partial charge < -0.3 is 14.8 Å². The first-order chi connectivity index (χ1) is 10.3. The third kappa shape index (κ3) is 2.91. The second-order valence-corrected chi connectivity index (χ2v) is 4.75. The summed E-state index contributed by atoms with van der Waals surface area (Å²) in [7, 11) is 0. The molecular weight excluding hydrogens is 276 g/mol. The fraction of sp³-hybridized carbons (Fsp3) is 0.250. The number of halogens is 2. The summed E-state index contributed by atoms with van der Waals surface area (Å²) in [5, 5.41) is 2.78. The van der Waals surface area contributed by atoms with Crippen molar-refractivity contribution in [2.24, 2.45) is 0 Å². The SMILES string of the molecule is Fc1cccc(F)c1NCc1cccc2c1OCCCO2.